The molecule has 0 saturated heterocycles. The van der Waals surface area contributed by atoms with Gasteiger partial charge in [0, 0.05) is 12.4 Å². The van der Waals surface area contributed by atoms with Gasteiger partial charge in [-0.25, -0.2) is 8.78 Å². The van der Waals surface area contributed by atoms with Crippen LogP contribution in [0.5, 0.6) is 0 Å². The molecule has 0 saturated carbocycles. The fraction of sp³-hybridized carbons (Fsp3) is 0.867. The second-order valence-corrected chi connectivity index (χ2v) is 8.06. The van der Waals surface area contributed by atoms with Gasteiger partial charge < -0.3 is 9.80 Å². The van der Waals surface area contributed by atoms with E-state index in [0.717, 1.165) is 0 Å². The van der Waals surface area contributed by atoms with Crippen LogP contribution in [0.4, 0.5) is 114 Å². The average molecular weight is 834 g/mol. The number of hydrogen-bond acceptors (Lipinski definition) is 2. The van der Waals surface area contributed by atoms with Crippen LogP contribution in [0.25, 0.3) is 0 Å². The zero-order chi connectivity index (χ0) is 35.3. The molecule has 0 aromatic heterocycles. The van der Waals surface area contributed by atoms with Crippen molar-refractivity contribution in [3.8, 4) is 0 Å². The second kappa shape index (κ2) is 10.6. The lowest BCUT2D eigenvalue weighted by molar-refractivity contribution is -0.455. The molecule has 2 atom stereocenters. The van der Waals surface area contributed by atoms with Crippen molar-refractivity contribution < 1.29 is 114 Å². The maximum atomic E-state index is 14.7. The summed E-state index contributed by atoms with van der Waals surface area (Å²) in [4.78, 5) is -5.44. The van der Waals surface area contributed by atoms with E-state index in [1.54, 1.807) is 0 Å². The molecule has 1 aliphatic heterocycles. The number of halogens is 27. The van der Waals surface area contributed by atoms with Gasteiger partial charge in [-0.3, -0.25) is 0 Å². The predicted octanol–water partition coefficient (Wildman–Crippen LogP) is 9.04. The highest BCUT2D eigenvalue weighted by molar-refractivity contribution is 14.0. The number of nitrogens with zero attached hydrogens (tertiary/aromatic N) is 2. The SMILES string of the molecule is FC(F)(F)C(F)(F)C(F)(F)C(F)(F)C(F)(N1C=CN(C(F)(C(F)(F)F)C(F)(F)C(F)(F)C(F)(F)C(F)(F)F)C1)C(F)(F)F.I. The highest BCUT2D eigenvalue weighted by Gasteiger charge is 2.94. The molecule has 0 aromatic carbocycles. The summed E-state index contributed by atoms with van der Waals surface area (Å²) >= 11 is 0. The number of alkyl halides is 26. The Morgan fingerprint density at radius 3 is 0.659 bits per heavy atom. The average Bonchev–Trinajstić information content (AvgIpc) is 3.24. The molecule has 0 aliphatic carbocycles. The van der Waals surface area contributed by atoms with Gasteiger partial charge in [0.1, 0.15) is 0 Å². The van der Waals surface area contributed by atoms with Crippen LogP contribution in [0, 0.1) is 0 Å². The van der Waals surface area contributed by atoms with Crippen molar-refractivity contribution in [3.05, 3.63) is 12.4 Å². The van der Waals surface area contributed by atoms with Gasteiger partial charge in [0.15, 0.2) is 0 Å². The van der Waals surface area contributed by atoms with Gasteiger partial charge in [-0.2, -0.15) is 105 Å². The molecule has 0 radical (unpaired) electrons. The molecule has 44 heavy (non-hydrogen) atoms. The molecule has 1 aliphatic rings. The normalized spacial score (nSPS) is 20.0. The lowest BCUT2D eigenvalue weighted by Crippen LogP contribution is -2.77. The molecule has 2 unspecified atom stereocenters. The van der Waals surface area contributed by atoms with Gasteiger partial charge in [-0.05, 0) is 0 Å². The lowest BCUT2D eigenvalue weighted by atomic mass is 9.92. The van der Waals surface area contributed by atoms with Crippen molar-refractivity contribution in [3.63, 3.8) is 0 Å². The first-order chi connectivity index (χ1) is 18.2. The Hall–Kier alpha value is -1.75. The Morgan fingerprint density at radius 1 is 0.295 bits per heavy atom. The number of hydrogen-bond donors (Lipinski definition) is 0. The van der Waals surface area contributed by atoms with E-state index in [1.807, 2.05) is 0 Å². The molecule has 0 fully saturated rings. The van der Waals surface area contributed by atoms with Crippen molar-refractivity contribution in [2.75, 3.05) is 6.67 Å². The van der Waals surface area contributed by atoms with E-state index in [0.29, 0.717) is 0 Å². The molecule has 0 bridgehead atoms. The molecular formula is C15H5F26IN2. The summed E-state index contributed by atoms with van der Waals surface area (Å²) in [5.74, 6) is -67.3. The Kier molecular flexibility index (Phi) is 10.2. The molecular weight excluding hydrogens is 829 g/mol. The molecule has 0 spiro atoms. The van der Waals surface area contributed by atoms with Crippen LogP contribution in [-0.4, -0.2) is 88.3 Å². The second-order valence-electron chi connectivity index (χ2n) is 8.06. The van der Waals surface area contributed by atoms with Crippen LogP contribution in [0.1, 0.15) is 0 Å². The van der Waals surface area contributed by atoms with Crippen LogP contribution in [-0.2, 0) is 0 Å². The Labute approximate surface area is 239 Å². The number of rotatable bonds is 8. The fourth-order valence-electron chi connectivity index (χ4n) is 3.03. The van der Waals surface area contributed by atoms with Gasteiger partial charge in [0.2, 0.25) is 0 Å². The van der Waals surface area contributed by atoms with Crippen molar-refractivity contribution >= 4 is 24.0 Å². The van der Waals surface area contributed by atoms with Gasteiger partial charge in [0.25, 0.3) is 0 Å². The maximum absolute atomic E-state index is 14.7. The third kappa shape index (κ3) is 5.20. The van der Waals surface area contributed by atoms with E-state index in [-0.39, 0.29) is 24.0 Å². The Balaban J connectivity index is 0.0000185. The molecule has 2 nitrogen and oxygen atoms in total. The van der Waals surface area contributed by atoms with E-state index in [1.165, 1.54) is 0 Å². The molecule has 0 N–H and O–H groups in total. The summed E-state index contributed by atoms with van der Waals surface area (Å²) in [6, 6.07) is 0. The van der Waals surface area contributed by atoms with Crippen molar-refractivity contribution in [2.45, 2.75) is 71.8 Å². The Morgan fingerprint density at radius 2 is 0.500 bits per heavy atom. The fourth-order valence-corrected chi connectivity index (χ4v) is 3.03. The highest BCUT2D eigenvalue weighted by atomic mass is 127. The van der Waals surface area contributed by atoms with Gasteiger partial charge in [-0.15, -0.1) is 24.0 Å². The van der Waals surface area contributed by atoms with E-state index >= 15 is 0 Å². The summed E-state index contributed by atoms with van der Waals surface area (Å²) < 4.78 is 345. The van der Waals surface area contributed by atoms with Crippen molar-refractivity contribution in [1.82, 2.24) is 9.80 Å². The molecule has 1 heterocycles. The highest BCUT2D eigenvalue weighted by Crippen LogP contribution is 2.64. The minimum atomic E-state index is -8.66. The predicted molar refractivity (Wildman–Crippen MR) is 94.7 cm³/mol. The first-order valence-electron chi connectivity index (χ1n) is 9.34. The largest absolute Gasteiger partial charge is 0.460 e. The topological polar surface area (TPSA) is 6.48 Å². The minimum absolute atomic E-state index is 0. The van der Waals surface area contributed by atoms with Crippen molar-refractivity contribution in [2.24, 2.45) is 0 Å². The molecule has 0 aromatic rings. The quantitative estimate of drug-likeness (QED) is 0.137. The Bertz CT molecular complexity index is 983. The lowest BCUT2D eigenvalue weighted by Gasteiger charge is -2.47. The first-order valence-corrected chi connectivity index (χ1v) is 9.34. The summed E-state index contributed by atoms with van der Waals surface area (Å²) in [7, 11) is 0. The molecule has 29 heteroatoms. The zero-order valence-corrected chi connectivity index (χ0v) is 21.3. The van der Waals surface area contributed by atoms with E-state index in [4.69, 9.17) is 0 Å². The smallest absolute Gasteiger partial charge is 0.314 e. The third-order valence-electron chi connectivity index (χ3n) is 5.40. The van der Waals surface area contributed by atoms with Crippen LogP contribution < -0.4 is 0 Å². The van der Waals surface area contributed by atoms with Crippen LogP contribution in [0.3, 0.4) is 0 Å². The van der Waals surface area contributed by atoms with Gasteiger partial charge >= 0.3 is 71.8 Å². The maximum Gasteiger partial charge on any atom is 0.460 e. The zero-order valence-electron chi connectivity index (χ0n) is 19.0. The van der Waals surface area contributed by atoms with Crippen LogP contribution >= 0.6 is 24.0 Å². The van der Waals surface area contributed by atoms with Crippen molar-refractivity contribution in [1.29, 1.82) is 0 Å². The summed E-state index contributed by atoms with van der Waals surface area (Å²) in [5.41, 5.74) is 0. The summed E-state index contributed by atoms with van der Waals surface area (Å²) in [6.07, 6.45) is -35.5. The first kappa shape index (κ1) is 42.2. The van der Waals surface area contributed by atoms with E-state index in [2.05, 4.69) is 0 Å². The van der Waals surface area contributed by atoms with Gasteiger partial charge in [-0.1, -0.05) is 0 Å². The minimum Gasteiger partial charge on any atom is -0.314 e. The molecule has 1 rings (SSSR count). The van der Waals surface area contributed by atoms with Crippen LogP contribution in [0.2, 0.25) is 0 Å². The monoisotopic (exact) mass is 834 g/mol. The molecule has 0 amide bonds. The van der Waals surface area contributed by atoms with Gasteiger partial charge in [0.05, 0.1) is 6.67 Å². The summed E-state index contributed by atoms with van der Waals surface area (Å²) in [6.45, 7) is -3.97. The molecule has 264 valence electrons. The standard InChI is InChI=1S/C15H4F26N2.HI/c16-4(17,8(24,25)12(30,31)32)6(20,21)10(28,14(36,37)38)42-1-2-43(3-42)11(29,15(39,40)41)7(22,23)5(18,19)9(26,27)13(33,34)35;/h1-2H,3H2;1H. The van der Waals surface area contributed by atoms with Crippen LogP contribution in [0.15, 0.2) is 12.4 Å². The summed E-state index contributed by atoms with van der Waals surface area (Å²) in [5, 5.41) is 0. The van der Waals surface area contributed by atoms with E-state index < -0.39 is 101 Å². The third-order valence-corrected chi connectivity index (χ3v) is 5.40. The van der Waals surface area contributed by atoms with E-state index in [9.17, 15) is 114 Å².